The number of hydrogen-bond acceptors (Lipinski definition) is 3. The van der Waals surface area contributed by atoms with E-state index >= 15 is 0 Å². The van der Waals surface area contributed by atoms with Gasteiger partial charge in [-0.2, -0.15) is 0 Å². The number of esters is 1. The zero-order valence-corrected chi connectivity index (χ0v) is 8.82. The van der Waals surface area contributed by atoms with Gasteiger partial charge < -0.3 is 9.64 Å². The summed E-state index contributed by atoms with van der Waals surface area (Å²) < 4.78 is 4.64. The molecule has 1 unspecified atom stereocenters. The standard InChI is InChI=1S/C10H16NO3/c1-7(2)9(12)11-6-4-5-8(11)10(13)14-3/h4,7-8H,5-6H2,1-3H3. The predicted octanol–water partition coefficient (Wildman–Crippen LogP) is 0.621. The lowest BCUT2D eigenvalue weighted by atomic mass is 10.1. The number of carbonyl (C=O) groups is 2. The second kappa shape index (κ2) is 4.44. The highest BCUT2D eigenvalue weighted by atomic mass is 16.5. The van der Waals surface area contributed by atoms with Crippen LogP contribution in [-0.2, 0) is 14.3 Å². The molecule has 1 saturated heterocycles. The van der Waals surface area contributed by atoms with E-state index in [2.05, 4.69) is 4.74 Å². The molecule has 1 rings (SSSR count). The van der Waals surface area contributed by atoms with E-state index in [1.54, 1.807) is 4.90 Å². The van der Waals surface area contributed by atoms with Gasteiger partial charge in [0.1, 0.15) is 6.04 Å². The number of carbonyl (C=O) groups excluding carboxylic acids is 2. The largest absolute Gasteiger partial charge is 0.467 e. The molecule has 0 aromatic heterocycles. The summed E-state index contributed by atoms with van der Waals surface area (Å²) in [6, 6.07) is -0.408. The topological polar surface area (TPSA) is 46.6 Å². The first-order valence-electron chi connectivity index (χ1n) is 4.78. The van der Waals surface area contributed by atoms with E-state index in [0.29, 0.717) is 13.0 Å². The summed E-state index contributed by atoms with van der Waals surface area (Å²) in [7, 11) is 1.35. The van der Waals surface area contributed by atoms with Gasteiger partial charge in [-0.3, -0.25) is 4.79 Å². The first-order valence-corrected chi connectivity index (χ1v) is 4.78. The van der Waals surface area contributed by atoms with E-state index in [-0.39, 0.29) is 17.8 Å². The Hall–Kier alpha value is -1.06. The maximum Gasteiger partial charge on any atom is 0.328 e. The molecule has 0 aromatic carbocycles. The van der Waals surface area contributed by atoms with Crippen LogP contribution in [-0.4, -0.2) is 36.5 Å². The third-order valence-electron chi connectivity index (χ3n) is 2.34. The summed E-state index contributed by atoms with van der Waals surface area (Å²) >= 11 is 0. The van der Waals surface area contributed by atoms with E-state index in [1.807, 2.05) is 20.3 Å². The van der Waals surface area contributed by atoms with Gasteiger partial charge in [0.2, 0.25) is 5.91 Å². The van der Waals surface area contributed by atoms with Gasteiger partial charge in [0.25, 0.3) is 0 Å². The monoisotopic (exact) mass is 198 g/mol. The maximum atomic E-state index is 11.7. The van der Waals surface area contributed by atoms with Crippen LogP contribution in [0.15, 0.2) is 0 Å². The number of ether oxygens (including phenoxy) is 1. The van der Waals surface area contributed by atoms with Crippen molar-refractivity contribution in [2.45, 2.75) is 26.3 Å². The lowest BCUT2D eigenvalue weighted by Crippen LogP contribution is -2.42. The highest BCUT2D eigenvalue weighted by molar-refractivity contribution is 5.86. The van der Waals surface area contributed by atoms with E-state index in [9.17, 15) is 9.59 Å². The molecular weight excluding hydrogens is 182 g/mol. The van der Waals surface area contributed by atoms with Crippen molar-refractivity contribution >= 4 is 11.9 Å². The van der Waals surface area contributed by atoms with Crippen molar-refractivity contribution in [3.05, 3.63) is 6.42 Å². The first-order chi connectivity index (χ1) is 6.57. The molecule has 1 radical (unpaired) electrons. The summed E-state index contributed by atoms with van der Waals surface area (Å²) in [6.45, 7) is 4.21. The third-order valence-corrected chi connectivity index (χ3v) is 2.34. The number of likely N-dealkylation sites (tertiary alicyclic amines) is 1. The molecule has 1 fully saturated rings. The minimum Gasteiger partial charge on any atom is -0.467 e. The number of nitrogens with zero attached hydrogens (tertiary/aromatic N) is 1. The summed E-state index contributed by atoms with van der Waals surface area (Å²) in [5.41, 5.74) is 0. The summed E-state index contributed by atoms with van der Waals surface area (Å²) in [5, 5.41) is 0. The van der Waals surface area contributed by atoms with Crippen LogP contribution in [0.5, 0.6) is 0 Å². The lowest BCUT2D eigenvalue weighted by Gasteiger charge is -2.24. The Morgan fingerprint density at radius 2 is 2.14 bits per heavy atom. The number of hydrogen-bond donors (Lipinski definition) is 0. The van der Waals surface area contributed by atoms with E-state index in [4.69, 9.17) is 0 Å². The van der Waals surface area contributed by atoms with E-state index in [1.165, 1.54) is 7.11 Å². The van der Waals surface area contributed by atoms with Gasteiger partial charge in [-0.25, -0.2) is 4.79 Å². The molecule has 0 saturated carbocycles. The van der Waals surface area contributed by atoms with Crippen LogP contribution in [0.3, 0.4) is 0 Å². The molecule has 0 N–H and O–H groups in total. The molecule has 1 aliphatic rings. The average Bonchev–Trinajstić information content (AvgIpc) is 2.63. The molecule has 0 bridgehead atoms. The van der Waals surface area contributed by atoms with Crippen molar-refractivity contribution in [2.75, 3.05) is 13.7 Å². The van der Waals surface area contributed by atoms with Crippen LogP contribution in [0.2, 0.25) is 0 Å². The van der Waals surface area contributed by atoms with Crippen LogP contribution in [0, 0.1) is 12.3 Å². The molecule has 4 heteroatoms. The van der Waals surface area contributed by atoms with Crippen molar-refractivity contribution in [1.29, 1.82) is 0 Å². The summed E-state index contributed by atoms with van der Waals surface area (Å²) in [5.74, 6) is -0.393. The van der Waals surface area contributed by atoms with Crippen molar-refractivity contribution in [2.24, 2.45) is 5.92 Å². The second-order valence-corrected chi connectivity index (χ2v) is 3.71. The molecule has 1 aliphatic heterocycles. The second-order valence-electron chi connectivity index (χ2n) is 3.71. The van der Waals surface area contributed by atoms with Gasteiger partial charge in [-0.05, 0) is 12.8 Å². The third kappa shape index (κ3) is 2.05. The molecule has 1 heterocycles. The quantitative estimate of drug-likeness (QED) is 0.611. The maximum absolute atomic E-state index is 11.7. The molecule has 0 aliphatic carbocycles. The molecule has 4 nitrogen and oxygen atoms in total. The minimum absolute atomic E-state index is 0.00847. The Morgan fingerprint density at radius 1 is 1.50 bits per heavy atom. The molecular formula is C10H16NO3. The van der Waals surface area contributed by atoms with Gasteiger partial charge in [0, 0.05) is 12.5 Å². The Bertz CT molecular complexity index is 238. The van der Waals surface area contributed by atoms with Crippen LogP contribution >= 0.6 is 0 Å². The Kier molecular flexibility index (Phi) is 3.49. The Labute approximate surface area is 84.2 Å². The Balaban J connectivity index is 2.68. The number of amides is 1. The van der Waals surface area contributed by atoms with Gasteiger partial charge in [0.05, 0.1) is 7.11 Å². The lowest BCUT2D eigenvalue weighted by molar-refractivity contribution is -0.152. The SMILES string of the molecule is COC(=O)C1C[CH]CN1C(=O)C(C)C. The van der Waals surface area contributed by atoms with Crippen molar-refractivity contribution in [3.63, 3.8) is 0 Å². The van der Waals surface area contributed by atoms with E-state index in [0.717, 1.165) is 0 Å². The minimum atomic E-state index is -0.408. The fourth-order valence-electron chi connectivity index (χ4n) is 1.56. The number of rotatable bonds is 2. The zero-order chi connectivity index (χ0) is 10.7. The molecule has 0 aromatic rings. The highest BCUT2D eigenvalue weighted by Crippen LogP contribution is 2.19. The van der Waals surface area contributed by atoms with Gasteiger partial charge in [-0.15, -0.1) is 0 Å². The summed E-state index contributed by atoms with van der Waals surface area (Å²) in [4.78, 5) is 24.6. The zero-order valence-electron chi connectivity index (χ0n) is 8.82. The highest BCUT2D eigenvalue weighted by Gasteiger charge is 2.35. The molecule has 0 spiro atoms. The van der Waals surface area contributed by atoms with Crippen molar-refractivity contribution in [3.8, 4) is 0 Å². The van der Waals surface area contributed by atoms with Crippen molar-refractivity contribution < 1.29 is 14.3 Å². The van der Waals surface area contributed by atoms with Gasteiger partial charge in [-0.1, -0.05) is 13.8 Å². The molecule has 14 heavy (non-hydrogen) atoms. The van der Waals surface area contributed by atoms with Gasteiger partial charge in [0.15, 0.2) is 0 Å². The average molecular weight is 198 g/mol. The van der Waals surface area contributed by atoms with Crippen LogP contribution < -0.4 is 0 Å². The number of methoxy groups -OCH3 is 1. The first kappa shape index (κ1) is 11.0. The Morgan fingerprint density at radius 3 is 2.64 bits per heavy atom. The smallest absolute Gasteiger partial charge is 0.328 e. The fraction of sp³-hybridized carbons (Fsp3) is 0.700. The van der Waals surface area contributed by atoms with E-state index < -0.39 is 6.04 Å². The van der Waals surface area contributed by atoms with Gasteiger partial charge >= 0.3 is 5.97 Å². The predicted molar refractivity (Wildman–Crippen MR) is 51.3 cm³/mol. The summed E-state index contributed by atoms with van der Waals surface area (Å²) in [6.07, 6.45) is 2.53. The van der Waals surface area contributed by atoms with Crippen molar-refractivity contribution in [1.82, 2.24) is 4.90 Å². The molecule has 1 amide bonds. The van der Waals surface area contributed by atoms with Crippen LogP contribution in [0.1, 0.15) is 20.3 Å². The fourth-order valence-corrected chi connectivity index (χ4v) is 1.56. The normalized spacial score (nSPS) is 21.4. The van der Waals surface area contributed by atoms with Crippen LogP contribution in [0.25, 0.3) is 0 Å². The molecule has 79 valence electrons. The molecule has 1 atom stereocenters. The van der Waals surface area contributed by atoms with Crippen LogP contribution in [0.4, 0.5) is 0 Å².